The van der Waals surface area contributed by atoms with E-state index in [0.717, 1.165) is 11.9 Å². The summed E-state index contributed by atoms with van der Waals surface area (Å²) in [4.78, 5) is 16.3. The van der Waals surface area contributed by atoms with E-state index in [9.17, 15) is 13.2 Å². The summed E-state index contributed by atoms with van der Waals surface area (Å²) in [6.45, 7) is 5.98. The van der Waals surface area contributed by atoms with Gasteiger partial charge in [0.05, 0.1) is 12.8 Å². The highest BCUT2D eigenvalue weighted by Gasteiger charge is 2.27. The molecule has 1 aromatic carbocycles. The summed E-state index contributed by atoms with van der Waals surface area (Å²) in [5.41, 5.74) is 1.04. The third-order valence-corrected chi connectivity index (χ3v) is 5.74. The molecule has 0 atom stereocenters. The monoisotopic (exact) mass is 373 g/mol. The van der Waals surface area contributed by atoms with E-state index in [0.29, 0.717) is 31.2 Å². The molecule has 0 spiro atoms. The fraction of sp³-hybridized carbons (Fsp3) is 0.562. The largest absolute Gasteiger partial charge is 0.368 e. The topological polar surface area (TPSA) is 60.9 Å². The van der Waals surface area contributed by atoms with Crippen LogP contribution in [0.15, 0.2) is 24.3 Å². The Morgan fingerprint density at radius 1 is 1.25 bits per heavy atom. The lowest BCUT2D eigenvalue weighted by Gasteiger charge is -2.37. The quantitative estimate of drug-likeness (QED) is 0.787. The van der Waals surface area contributed by atoms with Gasteiger partial charge >= 0.3 is 0 Å². The molecule has 0 aliphatic carbocycles. The van der Waals surface area contributed by atoms with Gasteiger partial charge in [-0.15, -0.1) is 0 Å². The predicted molar refractivity (Wildman–Crippen MR) is 96.9 cm³/mol. The minimum Gasteiger partial charge on any atom is -0.368 e. The van der Waals surface area contributed by atoms with E-state index in [4.69, 9.17) is 11.6 Å². The summed E-state index contributed by atoms with van der Waals surface area (Å²) >= 11 is 6.02. The molecule has 0 aromatic heterocycles. The van der Waals surface area contributed by atoms with Gasteiger partial charge in [0.25, 0.3) is 0 Å². The second-order valence-corrected chi connectivity index (χ2v) is 8.62. The Balaban J connectivity index is 1.95. The van der Waals surface area contributed by atoms with Crippen molar-refractivity contribution in [3.05, 3.63) is 29.3 Å². The predicted octanol–water partition coefficient (Wildman–Crippen LogP) is 1.66. The van der Waals surface area contributed by atoms with Gasteiger partial charge in [-0.05, 0) is 32.0 Å². The molecule has 1 fully saturated rings. The van der Waals surface area contributed by atoms with Crippen molar-refractivity contribution in [3.8, 4) is 0 Å². The maximum absolute atomic E-state index is 12.4. The van der Waals surface area contributed by atoms with Gasteiger partial charge in [0.15, 0.2) is 0 Å². The van der Waals surface area contributed by atoms with Crippen molar-refractivity contribution >= 4 is 33.2 Å². The van der Waals surface area contributed by atoms with Gasteiger partial charge in [-0.3, -0.25) is 4.79 Å². The maximum Gasteiger partial charge on any atom is 0.238 e. The molecule has 24 heavy (non-hydrogen) atoms. The Bertz CT molecular complexity index is 686. The van der Waals surface area contributed by atoms with Crippen LogP contribution in [0.4, 0.5) is 5.69 Å². The van der Waals surface area contributed by atoms with Crippen LogP contribution in [0.2, 0.25) is 5.02 Å². The van der Waals surface area contributed by atoms with Crippen molar-refractivity contribution in [2.45, 2.75) is 19.9 Å². The molecular formula is C16H24ClN3O3S. The molecule has 1 amide bonds. The molecule has 0 radical (unpaired) electrons. The second-order valence-electron chi connectivity index (χ2n) is 6.25. The van der Waals surface area contributed by atoms with Crippen LogP contribution in [-0.4, -0.2) is 68.6 Å². The van der Waals surface area contributed by atoms with E-state index >= 15 is 0 Å². The van der Waals surface area contributed by atoms with Crippen LogP contribution in [0.1, 0.15) is 13.8 Å². The summed E-state index contributed by atoms with van der Waals surface area (Å²) in [5.74, 6) is -0.153. The number of carbonyl (C=O) groups is 1. The zero-order valence-corrected chi connectivity index (χ0v) is 15.8. The van der Waals surface area contributed by atoms with Crippen LogP contribution >= 0.6 is 11.6 Å². The minimum absolute atomic E-state index is 0.104. The highest BCUT2D eigenvalue weighted by Crippen LogP contribution is 2.21. The third-order valence-electron chi connectivity index (χ3n) is 4.10. The summed E-state index contributed by atoms with van der Waals surface area (Å²) in [7, 11) is -3.40. The van der Waals surface area contributed by atoms with E-state index in [1.165, 1.54) is 4.31 Å². The zero-order valence-electron chi connectivity index (χ0n) is 14.3. The number of amides is 1. The number of carbonyl (C=O) groups excluding carboxylic acids is 1. The smallest absolute Gasteiger partial charge is 0.238 e. The van der Waals surface area contributed by atoms with Gasteiger partial charge in [0.1, 0.15) is 0 Å². The van der Waals surface area contributed by atoms with Crippen molar-refractivity contribution in [1.82, 2.24) is 9.21 Å². The summed E-state index contributed by atoms with van der Waals surface area (Å²) < 4.78 is 24.8. The molecule has 0 saturated carbocycles. The van der Waals surface area contributed by atoms with E-state index in [1.54, 1.807) is 18.7 Å². The number of rotatable bonds is 5. The molecule has 0 bridgehead atoms. The molecule has 0 N–H and O–H groups in total. The molecule has 1 aliphatic rings. The molecule has 134 valence electrons. The van der Waals surface area contributed by atoms with Gasteiger partial charge in [-0.25, -0.2) is 8.42 Å². The number of hydrogen-bond acceptors (Lipinski definition) is 4. The fourth-order valence-electron chi connectivity index (χ4n) is 2.80. The lowest BCUT2D eigenvalue weighted by atomic mass is 10.2. The first-order valence-electron chi connectivity index (χ1n) is 7.93. The highest BCUT2D eigenvalue weighted by atomic mass is 35.5. The Hall–Kier alpha value is -1.31. The van der Waals surface area contributed by atoms with Crippen LogP contribution in [0.3, 0.4) is 0 Å². The lowest BCUT2D eigenvalue weighted by Crippen LogP contribution is -2.52. The molecule has 8 heteroatoms. The average Bonchev–Trinajstić information content (AvgIpc) is 2.51. The molecule has 1 heterocycles. The van der Waals surface area contributed by atoms with Crippen LogP contribution < -0.4 is 4.90 Å². The average molecular weight is 374 g/mol. The van der Waals surface area contributed by atoms with Crippen molar-refractivity contribution in [2.24, 2.45) is 0 Å². The van der Waals surface area contributed by atoms with Crippen molar-refractivity contribution in [3.63, 3.8) is 0 Å². The molecule has 6 nitrogen and oxygen atoms in total. The standard InChI is InChI=1S/C16H24ClN3O3S/c1-13(2)20(24(3,22)23)12-16(21)19-9-7-18(8-10-19)15-6-4-5-14(17)11-15/h4-6,11,13H,7-10,12H2,1-3H3. The minimum atomic E-state index is -3.40. The first-order valence-corrected chi connectivity index (χ1v) is 10.2. The lowest BCUT2D eigenvalue weighted by molar-refractivity contribution is -0.131. The SMILES string of the molecule is CC(C)N(CC(=O)N1CCN(c2cccc(Cl)c2)CC1)S(C)(=O)=O. The van der Waals surface area contributed by atoms with E-state index in [1.807, 2.05) is 24.3 Å². The van der Waals surface area contributed by atoms with Crippen molar-refractivity contribution in [2.75, 3.05) is 43.9 Å². The van der Waals surface area contributed by atoms with E-state index < -0.39 is 10.0 Å². The number of hydrogen-bond donors (Lipinski definition) is 0. The summed E-state index contributed by atoms with van der Waals surface area (Å²) in [6, 6.07) is 7.39. The van der Waals surface area contributed by atoms with Crippen LogP contribution in [0.25, 0.3) is 0 Å². The van der Waals surface area contributed by atoms with Gasteiger partial charge in [-0.2, -0.15) is 4.31 Å². The van der Waals surface area contributed by atoms with Crippen molar-refractivity contribution in [1.29, 1.82) is 0 Å². The van der Waals surface area contributed by atoms with Crippen LogP contribution in [0.5, 0.6) is 0 Å². The second kappa shape index (κ2) is 7.72. The first-order chi connectivity index (χ1) is 11.2. The maximum atomic E-state index is 12.4. The van der Waals surface area contributed by atoms with E-state index in [2.05, 4.69) is 4.90 Å². The van der Waals surface area contributed by atoms with Crippen molar-refractivity contribution < 1.29 is 13.2 Å². The van der Waals surface area contributed by atoms with Gasteiger partial charge in [-0.1, -0.05) is 17.7 Å². The first kappa shape index (κ1) is 19.0. The molecule has 1 aliphatic heterocycles. The normalized spacial score (nSPS) is 16.1. The van der Waals surface area contributed by atoms with Gasteiger partial charge in [0, 0.05) is 42.9 Å². The van der Waals surface area contributed by atoms with Gasteiger partial charge in [0.2, 0.25) is 15.9 Å². The number of sulfonamides is 1. The number of piperazine rings is 1. The Morgan fingerprint density at radius 3 is 2.38 bits per heavy atom. The highest BCUT2D eigenvalue weighted by molar-refractivity contribution is 7.88. The molecule has 2 rings (SSSR count). The Labute approximate surface area is 149 Å². The molecule has 1 saturated heterocycles. The number of anilines is 1. The Morgan fingerprint density at radius 2 is 1.88 bits per heavy atom. The fourth-order valence-corrected chi connectivity index (χ4v) is 4.10. The zero-order chi connectivity index (χ0) is 17.9. The molecule has 0 unspecified atom stereocenters. The van der Waals surface area contributed by atoms with Gasteiger partial charge < -0.3 is 9.80 Å². The van der Waals surface area contributed by atoms with E-state index in [-0.39, 0.29) is 18.5 Å². The summed E-state index contributed by atoms with van der Waals surface area (Å²) in [6.07, 6.45) is 1.14. The number of benzene rings is 1. The molecule has 1 aromatic rings. The summed E-state index contributed by atoms with van der Waals surface area (Å²) in [5, 5.41) is 0.687. The number of nitrogens with zero attached hydrogens (tertiary/aromatic N) is 3. The third kappa shape index (κ3) is 4.84. The number of halogens is 1. The molecular weight excluding hydrogens is 350 g/mol. The Kier molecular flexibility index (Phi) is 6.11. The van der Waals surface area contributed by atoms with Crippen LogP contribution in [0, 0.1) is 0 Å². The van der Waals surface area contributed by atoms with Crippen LogP contribution in [-0.2, 0) is 14.8 Å².